The van der Waals surface area contributed by atoms with Crippen LogP contribution in [0, 0.1) is 11.3 Å². The predicted molar refractivity (Wildman–Crippen MR) is 99.9 cm³/mol. The molecular weight excluding hydrogens is 368 g/mol. The lowest BCUT2D eigenvalue weighted by Crippen LogP contribution is -2.43. The zero-order valence-electron chi connectivity index (χ0n) is 14.7. The van der Waals surface area contributed by atoms with Crippen LogP contribution in [0.25, 0.3) is 0 Å². The van der Waals surface area contributed by atoms with Crippen LogP contribution in [-0.2, 0) is 10.0 Å². The van der Waals surface area contributed by atoms with Gasteiger partial charge in [-0.25, -0.2) is 18.5 Å². The molecule has 27 heavy (non-hydrogen) atoms. The van der Waals surface area contributed by atoms with Crippen LogP contribution in [0.15, 0.2) is 35.4 Å². The number of nitrogens with one attached hydrogen (secondary N) is 1. The number of aromatic nitrogens is 2. The summed E-state index contributed by atoms with van der Waals surface area (Å²) in [6.45, 7) is 2.57. The zero-order chi connectivity index (χ0) is 19.6. The van der Waals surface area contributed by atoms with Crippen LogP contribution in [-0.4, -0.2) is 42.2 Å². The minimum atomic E-state index is -3.76. The lowest BCUT2D eigenvalue weighted by Gasteiger charge is -2.37. The number of benzene rings is 1. The third-order valence-corrected chi connectivity index (χ3v) is 5.38. The Morgan fingerprint density at radius 3 is 2.67 bits per heavy atom. The molecule has 9 nitrogen and oxygen atoms in total. The van der Waals surface area contributed by atoms with Gasteiger partial charge >= 0.3 is 0 Å². The lowest BCUT2D eigenvalue weighted by molar-refractivity contribution is 0.131. The highest BCUT2D eigenvalue weighted by atomic mass is 32.2. The first-order valence-electron chi connectivity index (χ1n) is 8.39. The van der Waals surface area contributed by atoms with Crippen molar-refractivity contribution in [1.82, 2.24) is 9.97 Å². The van der Waals surface area contributed by atoms with Gasteiger partial charge in [0, 0.05) is 18.3 Å². The van der Waals surface area contributed by atoms with Gasteiger partial charge in [0.05, 0.1) is 17.2 Å². The average molecular weight is 388 g/mol. The van der Waals surface area contributed by atoms with E-state index in [-0.39, 0.29) is 23.0 Å². The molecule has 0 aliphatic carbocycles. The molecule has 4 N–H and O–H groups in total. The molecule has 2 aromatic rings. The minimum Gasteiger partial charge on any atom is -0.393 e. The Labute approximate surface area is 157 Å². The van der Waals surface area contributed by atoms with Crippen molar-refractivity contribution in [2.45, 2.75) is 36.8 Å². The van der Waals surface area contributed by atoms with Crippen LogP contribution in [0.4, 0.5) is 17.5 Å². The molecule has 1 fully saturated rings. The molecule has 0 spiro atoms. The molecule has 1 aliphatic rings. The van der Waals surface area contributed by atoms with Gasteiger partial charge in [0.1, 0.15) is 11.6 Å². The van der Waals surface area contributed by atoms with Gasteiger partial charge < -0.3 is 15.3 Å². The van der Waals surface area contributed by atoms with Gasteiger partial charge in [0.15, 0.2) is 5.82 Å². The molecule has 1 aromatic carbocycles. The van der Waals surface area contributed by atoms with Crippen LogP contribution in [0.1, 0.15) is 25.3 Å². The van der Waals surface area contributed by atoms with Crippen molar-refractivity contribution in [3.63, 3.8) is 0 Å². The summed E-state index contributed by atoms with van der Waals surface area (Å²) in [6.07, 6.45) is 2.31. The Morgan fingerprint density at radius 2 is 2.07 bits per heavy atom. The van der Waals surface area contributed by atoms with Gasteiger partial charge in [-0.1, -0.05) is 0 Å². The summed E-state index contributed by atoms with van der Waals surface area (Å²) in [4.78, 5) is 10.6. The quantitative estimate of drug-likeness (QED) is 0.705. The molecule has 0 unspecified atom stereocenters. The van der Waals surface area contributed by atoms with E-state index < -0.39 is 10.0 Å². The smallest absolute Gasteiger partial charge is 0.238 e. The van der Waals surface area contributed by atoms with E-state index in [1.807, 2.05) is 11.8 Å². The number of rotatable bonds is 4. The number of sulfonamides is 1. The van der Waals surface area contributed by atoms with Crippen molar-refractivity contribution in [1.29, 1.82) is 5.26 Å². The number of hydrogen-bond acceptors (Lipinski definition) is 8. The first-order valence-corrected chi connectivity index (χ1v) is 9.94. The van der Waals surface area contributed by atoms with Crippen molar-refractivity contribution in [3.05, 3.63) is 36.0 Å². The van der Waals surface area contributed by atoms with Gasteiger partial charge in [-0.2, -0.15) is 10.2 Å². The molecule has 0 amide bonds. The normalized spacial score (nSPS) is 20.1. The first kappa shape index (κ1) is 19.0. The zero-order valence-corrected chi connectivity index (χ0v) is 15.5. The second-order valence-corrected chi connectivity index (χ2v) is 8.02. The number of nitriles is 1. The fourth-order valence-electron chi connectivity index (χ4n) is 3.05. The van der Waals surface area contributed by atoms with E-state index in [0.29, 0.717) is 36.5 Å². The third kappa shape index (κ3) is 4.33. The van der Waals surface area contributed by atoms with Gasteiger partial charge in [0.2, 0.25) is 16.0 Å². The maximum atomic E-state index is 11.3. The van der Waals surface area contributed by atoms with Crippen LogP contribution < -0.4 is 15.4 Å². The van der Waals surface area contributed by atoms with Gasteiger partial charge in [-0.3, -0.25) is 0 Å². The number of aliphatic hydroxyl groups excluding tert-OH is 1. The number of anilines is 3. The van der Waals surface area contributed by atoms with Crippen molar-refractivity contribution in [2.75, 3.05) is 16.8 Å². The Bertz CT molecular complexity index is 971. The largest absolute Gasteiger partial charge is 0.393 e. The molecular formula is C17H20N6O3S. The van der Waals surface area contributed by atoms with E-state index in [1.54, 1.807) is 12.1 Å². The van der Waals surface area contributed by atoms with E-state index in [1.165, 1.54) is 18.3 Å². The van der Waals surface area contributed by atoms with Gasteiger partial charge in [0.25, 0.3) is 0 Å². The lowest BCUT2D eigenvalue weighted by atomic mass is 10.0. The molecule has 0 radical (unpaired) electrons. The number of aliphatic hydroxyl groups is 1. The van der Waals surface area contributed by atoms with Crippen molar-refractivity contribution in [2.24, 2.45) is 5.14 Å². The second kappa shape index (κ2) is 7.48. The summed E-state index contributed by atoms with van der Waals surface area (Å²) in [5, 5.41) is 27.3. The van der Waals surface area contributed by atoms with Gasteiger partial charge in [-0.05, 0) is 44.0 Å². The standard InChI is InChI=1S/C17H20N6O3S/c1-11-8-14(24)6-7-23(11)16-12(9-18)10-20-17(22-16)21-13-2-4-15(5-3-13)27(19,25)26/h2-5,10-11,14,24H,6-8H2,1H3,(H2,19,25,26)(H,20,21,22)/t11-,14-/m1/s1. The van der Waals surface area contributed by atoms with Crippen molar-refractivity contribution in [3.8, 4) is 6.07 Å². The summed E-state index contributed by atoms with van der Waals surface area (Å²) in [5.41, 5.74) is 0.938. The predicted octanol–water partition coefficient (Wildman–Crippen LogP) is 1.09. The second-order valence-electron chi connectivity index (χ2n) is 6.46. The SMILES string of the molecule is C[C@@H]1C[C@H](O)CCN1c1nc(Nc2ccc(S(N)(=O)=O)cc2)ncc1C#N. The Hall–Kier alpha value is -2.74. The Morgan fingerprint density at radius 1 is 1.37 bits per heavy atom. The topological polar surface area (TPSA) is 145 Å². The summed E-state index contributed by atoms with van der Waals surface area (Å²) in [6, 6.07) is 8.03. The van der Waals surface area contributed by atoms with Crippen LogP contribution in [0.2, 0.25) is 0 Å². The van der Waals surface area contributed by atoms with Gasteiger partial charge in [-0.15, -0.1) is 0 Å². The highest BCUT2D eigenvalue weighted by molar-refractivity contribution is 7.89. The van der Waals surface area contributed by atoms with E-state index >= 15 is 0 Å². The third-order valence-electron chi connectivity index (χ3n) is 4.45. The number of piperidine rings is 1. The molecule has 1 aliphatic heterocycles. The van der Waals surface area contributed by atoms with E-state index in [4.69, 9.17) is 5.14 Å². The molecule has 1 aromatic heterocycles. The summed E-state index contributed by atoms with van der Waals surface area (Å²) in [7, 11) is -3.76. The fraction of sp³-hybridized carbons (Fsp3) is 0.353. The highest BCUT2D eigenvalue weighted by Gasteiger charge is 2.27. The minimum absolute atomic E-state index is 0.00943. The van der Waals surface area contributed by atoms with Crippen molar-refractivity contribution >= 4 is 27.5 Å². The van der Waals surface area contributed by atoms with E-state index in [2.05, 4.69) is 21.4 Å². The molecule has 10 heteroatoms. The van der Waals surface area contributed by atoms with E-state index in [0.717, 1.165) is 0 Å². The van der Waals surface area contributed by atoms with Crippen LogP contribution in [0.5, 0.6) is 0 Å². The monoisotopic (exact) mass is 388 g/mol. The number of primary sulfonamides is 1. The molecule has 3 rings (SSSR count). The fourth-order valence-corrected chi connectivity index (χ4v) is 3.57. The molecule has 2 atom stereocenters. The molecule has 0 saturated carbocycles. The molecule has 142 valence electrons. The van der Waals surface area contributed by atoms with E-state index in [9.17, 15) is 18.8 Å². The molecule has 2 heterocycles. The first-order chi connectivity index (χ1) is 12.8. The average Bonchev–Trinajstić information content (AvgIpc) is 2.61. The summed E-state index contributed by atoms with van der Waals surface area (Å²) < 4.78 is 22.7. The maximum Gasteiger partial charge on any atom is 0.238 e. The van der Waals surface area contributed by atoms with Crippen molar-refractivity contribution < 1.29 is 13.5 Å². The molecule has 0 bridgehead atoms. The number of hydrogen-bond donors (Lipinski definition) is 3. The molecule has 1 saturated heterocycles. The van der Waals surface area contributed by atoms with Crippen LogP contribution >= 0.6 is 0 Å². The summed E-state index contributed by atoms with van der Waals surface area (Å²) in [5.74, 6) is 0.793. The summed E-state index contributed by atoms with van der Waals surface area (Å²) >= 11 is 0. The number of nitrogens with two attached hydrogens (primary N) is 1. The Balaban J connectivity index is 1.86. The highest BCUT2D eigenvalue weighted by Crippen LogP contribution is 2.27. The Kier molecular flexibility index (Phi) is 5.27. The maximum absolute atomic E-state index is 11.3. The number of nitrogens with zero attached hydrogens (tertiary/aromatic N) is 4. The van der Waals surface area contributed by atoms with Crippen LogP contribution in [0.3, 0.4) is 0 Å².